The van der Waals surface area contributed by atoms with Crippen molar-refractivity contribution in [3.63, 3.8) is 0 Å². The van der Waals surface area contributed by atoms with Gasteiger partial charge in [0.25, 0.3) is 0 Å². The molecule has 0 spiro atoms. The predicted octanol–water partition coefficient (Wildman–Crippen LogP) is 0.903. The van der Waals surface area contributed by atoms with Crippen molar-refractivity contribution >= 4 is 21.4 Å². The Labute approximate surface area is 95.2 Å². The second-order valence-corrected chi connectivity index (χ2v) is 5.07. The number of sulfonamides is 1. The van der Waals surface area contributed by atoms with Gasteiger partial charge in [-0.1, -0.05) is 6.08 Å². The summed E-state index contributed by atoms with van der Waals surface area (Å²) in [5, 5.41) is 8.05. The fourth-order valence-corrected chi connectivity index (χ4v) is 1.78. The highest BCUT2D eigenvalue weighted by atomic mass is 32.2. The summed E-state index contributed by atoms with van der Waals surface area (Å²) in [7, 11) is -3.74. The van der Waals surface area contributed by atoms with Gasteiger partial charge < -0.3 is 11.1 Å². The van der Waals surface area contributed by atoms with Crippen molar-refractivity contribution < 1.29 is 8.42 Å². The maximum Gasteiger partial charge on any atom is 0.238 e. The van der Waals surface area contributed by atoms with Gasteiger partial charge in [0, 0.05) is 17.4 Å². The van der Waals surface area contributed by atoms with Crippen molar-refractivity contribution in [3.8, 4) is 0 Å². The van der Waals surface area contributed by atoms with Gasteiger partial charge in [0.2, 0.25) is 10.0 Å². The number of benzene rings is 1. The SMILES string of the molecule is C=CC(C)Nc1cc(N)cc(S(N)(=O)=O)c1. The minimum atomic E-state index is -3.74. The van der Waals surface area contributed by atoms with E-state index in [1.54, 1.807) is 12.1 Å². The number of anilines is 2. The first kappa shape index (κ1) is 12.5. The average molecular weight is 241 g/mol. The van der Waals surface area contributed by atoms with E-state index >= 15 is 0 Å². The Morgan fingerprint density at radius 2 is 2.06 bits per heavy atom. The summed E-state index contributed by atoms with van der Waals surface area (Å²) in [6.45, 7) is 5.50. The molecule has 0 bridgehead atoms. The summed E-state index contributed by atoms with van der Waals surface area (Å²) in [5.74, 6) is 0. The van der Waals surface area contributed by atoms with Crippen LogP contribution in [0.5, 0.6) is 0 Å². The molecule has 0 fully saturated rings. The van der Waals surface area contributed by atoms with Crippen LogP contribution in [0, 0.1) is 0 Å². The molecule has 6 heteroatoms. The largest absolute Gasteiger partial charge is 0.399 e. The first-order valence-corrected chi connectivity index (χ1v) is 6.20. The molecule has 0 saturated heterocycles. The Morgan fingerprint density at radius 1 is 1.44 bits per heavy atom. The standard InChI is InChI=1S/C10H15N3O2S/c1-3-7(2)13-9-4-8(11)5-10(6-9)16(12,14)15/h3-7,13H,1,11H2,2H3,(H2,12,14,15). The number of nitrogens with one attached hydrogen (secondary N) is 1. The highest BCUT2D eigenvalue weighted by molar-refractivity contribution is 7.89. The van der Waals surface area contributed by atoms with E-state index in [0.717, 1.165) is 0 Å². The Hall–Kier alpha value is -1.53. The van der Waals surface area contributed by atoms with Crippen LogP contribution in [0.4, 0.5) is 11.4 Å². The van der Waals surface area contributed by atoms with Crippen molar-refractivity contribution in [1.29, 1.82) is 0 Å². The molecule has 1 unspecified atom stereocenters. The summed E-state index contributed by atoms with van der Waals surface area (Å²) in [6, 6.07) is 4.40. The lowest BCUT2D eigenvalue weighted by Gasteiger charge is -2.12. The monoisotopic (exact) mass is 241 g/mol. The number of hydrogen-bond donors (Lipinski definition) is 3. The Balaban J connectivity index is 3.13. The van der Waals surface area contributed by atoms with Gasteiger partial charge in [-0.3, -0.25) is 0 Å². The Bertz CT molecular complexity index is 497. The molecule has 1 aromatic carbocycles. The fraction of sp³-hybridized carbons (Fsp3) is 0.200. The third-order valence-corrected chi connectivity index (χ3v) is 2.90. The maximum atomic E-state index is 11.2. The average Bonchev–Trinajstić information content (AvgIpc) is 2.15. The number of rotatable bonds is 4. The van der Waals surface area contributed by atoms with E-state index in [4.69, 9.17) is 10.9 Å². The molecule has 0 aromatic heterocycles. The first-order chi connectivity index (χ1) is 7.32. The summed E-state index contributed by atoms with van der Waals surface area (Å²) in [5.41, 5.74) is 6.52. The zero-order valence-corrected chi connectivity index (χ0v) is 9.79. The summed E-state index contributed by atoms with van der Waals surface area (Å²) in [4.78, 5) is -0.00809. The van der Waals surface area contributed by atoms with Crippen LogP contribution >= 0.6 is 0 Å². The summed E-state index contributed by atoms with van der Waals surface area (Å²) >= 11 is 0. The van der Waals surface area contributed by atoms with Crippen LogP contribution in [0.15, 0.2) is 35.7 Å². The molecule has 16 heavy (non-hydrogen) atoms. The van der Waals surface area contributed by atoms with Crippen LogP contribution in [-0.4, -0.2) is 14.5 Å². The molecule has 0 aliphatic rings. The second-order valence-electron chi connectivity index (χ2n) is 3.50. The zero-order chi connectivity index (χ0) is 12.3. The first-order valence-electron chi connectivity index (χ1n) is 4.65. The van der Waals surface area contributed by atoms with Gasteiger partial charge in [0.1, 0.15) is 0 Å². The lowest BCUT2D eigenvalue weighted by Crippen LogP contribution is -2.15. The van der Waals surface area contributed by atoms with Crippen LogP contribution < -0.4 is 16.2 Å². The van der Waals surface area contributed by atoms with Gasteiger partial charge >= 0.3 is 0 Å². The lowest BCUT2D eigenvalue weighted by atomic mass is 10.2. The van der Waals surface area contributed by atoms with Crippen molar-refractivity contribution in [1.82, 2.24) is 0 Å². The van der Waals surface area contributed by atoms with Crippen molar-refractivity contribution in [2.45, 2.75) is 17.9 Å². The quantitative estimate of drug-likeness (QED) is 0.539. The van der Waals surface area contributed by atoms with E-state index in [1.807, 2.05) is 6.92 Å². The van der Waals surface area contributed by atoms with Crippen LogP contribution in [0.3, 0.4) is 0 Å². The third-order valence-electron chi connectivity index (χ3n) is 2.01. The molecule has 88 valence electrons. The van der Waals surface area contributed by atoms with E-state index in [1.165, 1.54) is 12.1 Å². The minimum Gasteiger partial charge on any atom is -0.399 e. The third kappa shape index (κ3) is 3.25. The van der Waals surface area contributed by atoms with Gasteiger partial charge in [0.05, 0.1) is 4.90 Å². The number of hydrogen-bond acceptors (Lipinski definition) is 4. The van der Waals surface area contributed by atoms with E-state index in [-0.39, 0.29) is 10.9 Å². The maximum absolute atomic E-state index is 11.2. The molecule has 0 saturated carbocycles. The highest BCUT2D eigenvalue weighted by Gasteiger charge is 2.10. The molecule has 0 aliphatic carbocycles. The molecule has 5 N–H and O–H groups in total. The summed E-state index contributed by atoms with van der Waals surface area (Å²) < 4.78 is 22.3. The van der Waals surface area contributed by atoms with Crippen LogP contribution in [0.1, 0.15) is 6.92 Å². The van der Waals surface area contributed by atoms with E-state index in [9.17, 15) is 8.42 Å². The molecule has 0 amide bonds. The molecular weight excluding hydrogens is 226 g/mol. The molecule has 1 rings (SSSR count). The topological polar surface area (TPSA) is 98.2 Å². The minimum absolute atomic E-state index is 0.00809. The van der Waals surface area contributed by atoms with Crippen LogP contribution in [-0.2, 0) is 10.0 Å². The van der Waals surface area contributed by atoms with Crippen molar-refractivity contribution in [2.75, 3.05) is 11.1 Å². The molecule has 1 atom stereocenters. The predicted molar refractivity (Wildman–Crippen MR) is 65.5 cm³/mol. The smallest absolute Gasteiger partial charge is 0.238 e. The molecule has 5 nitrogen and oxygen atoms in total. The van der Waals surface area contributed by atoms with E-state index in [2.05, 4.69) is 11.9 Å². The van der Waals surface area contributed by atoms with Crippen LogP contribution in [0.2, 0.25) is 0 Å². The number of nitrogens with two attached hydrogens (primary N) is 2. The van der Waals surface area contributed by atoms with Crippen molar-refractivity contribution in [2.24, 2.45) is 5.14 Å². The van der Waals surface area contributed by atoms with E-state index < -0.39 is 10.0 Å². The van der Waals surface area contributed by atoms with Crippen molar-refractivity contribution in [3.05, 3.63) is 30.9 Å². The molecular formula is C10H15N3O2S. The number of primary sulfonamides is 1. The fourth-order valence-electron chi connectivity index (χ4n) is 1.19. The van der Waals surface area contributed by atoms with E-state index in [0.29, 0.717) is 11.4 Å². The van der Waals surface area contributed by atoms with Gasteiger partial charge in [-0.2, -0.15) is 0 Å². The highest BCUT2D eigenvalue weighted by Crippen LogP contribution is 2.20. The lowest BCUT2D eigenvalue weighted by molar-refractivity contribution is 0.598. The second kappa shape index (κ2) is 4.54. The molecule has 0 heterocycles. The van der Waals surface area contributed by atoms with Gasteiger partial charge in [-0.25, -0.2) is 13.6 Å². The Morgan fingerprint density at radius 3 is 2.56 bits per heavy atom. The normalized spacial score (nSPS) is 13.1. The van der Waals surface area contributed by atoms with Crippen LogP contribution in [0.25, 0.3) is 0 Å². The Kier molecular flexibility index (Phi) is 3.56. The van der Waals surface area contributed by atoms with Gasteiger partial charge in [0.15, 0.2) is 0 Å². The molecule has 0 aliphatic heterocycles. The number of nitrogen functional groups attached to an aromatic ring is 1. The molecule has 0 radical (unpaired) electrons. The van der Waals surface area contributed by atoms with Gasteiger partial charge in [-0.15, -0.1) is 6.58 Å². The molecule has 1 aromatic rings. The zero-order valence-electron chi connectivity index (χ0n) is 8.97. The summed E-state index contributed by atoms with van der Waals surface area (Å²) in [6.07, 6.45) is 1.69. The van der Waals surface area contributed by atoms with Gasteiger partial charge in [-0.05, 0) is 25.1 Å².